The van der Waals surface area contributed by atoms with Crippen molar-refractivity contribution in [1.82, 2.24) is 0 Å². The lowest BCUT2D eigenvalue weighted by Crippen LogP contribution is -2.31. The van der Waals surface area contributed by atoms with Gasteiger partial charge in [0.15, 0.2) is 5.00 Å². The second-order valence-corrected chi connectivity index (χ2v) is 15.2. The van der Waals surface area contributed by atoms with Crippen LogP contribution >= 0.6 is 11.3 Å². The van der Waals surface area contributed by atoms with Gasteiger partial charge in [0.05, 0.1) is 69.8 Å². The number of thiophene rings is 1. The summed E-state index contributed by atoms with van der Waals surface area (Å²) in [5.41, 5.74) is 3.32. The first-order chi connectivity index (χ1) is 28.2. The van der Waals surface area contributed by atoms with E-state index >= 15 is 0 Å². The second-order valence-electron chi connectivity index (χ2n) is 14.2. The number of hydrogen-bond acceptors (Lipinski definition) is 13. The van der Waals surface area contributed by atoms with Crippen molar-refractivity contribution in [1.29, 1.82) is 10.5 Å². The van der Waals surface area contributed by atoms with Crippen molar-refractivity contribution >= 4 is 39.7 Å². The Labute approximate surface area is 349 Å². The van der Waals surface area contributed by atoms with Crippen LogP contribution in [0.15, 0.2) is 40.6 Å². The number of esters is 1. The number of aliphatic carboxylic acids is 1. The number of benzene rings is 1. The van der Waals surface area contributed by atoms with Gasteiger partial charge in [-0.1, -0.05) is 83.3 Å². The summed E-state index contributed by atoms with van der Waals surface area (Å²) in [4.78, 5) is 26.8. The van der Waals surface area contributed by atoms with Gasteiger partial charge in [-0.15, -0.1) is 21.6 Å². The molecule has 0 aliphatic rings. The standard InChI is InChI=1S/C44H65N5O8S/c1-4-5-6-7-8-9-10-11-12-13-14-15-16-17-18-37(44(52)53)32-42(51)57-30-29-55-25-22-49(21-24-54-27-28-56-26-23-50)38-19-20-40(35(2)31-38)47-48-43-39(33-45)36(3)41(34-46)58-43/h16-17,19-20,31,37,50H,4-15,18,21-30,32H2,1-3H3,(H,52,53)/b17-16+,48-47?. The molecule has 0 aliphatic heterocycles. The van der Waals surface area contributed by atoms with E-state index in [1.54, 1.807) is 6.92 Å². The molecule has 1 aromatic carbocycles. The molecule has 13 nitrogen and oxygen atoms in total. The molecule has 2 rings (SSSR count). The summed E-state index contributed by atoms with van der Waals surface area (Å²) in [7, 11) is 0. The molecule has 320 valence electrons. The van der Waals surface area contributed by atoms with Gasteiger partial charge < -0.3 is 34.1 Å². The average Bonchev–Trinajstić information content (AvgIpc) is 3.53. The van der Waals surface area contributed by atoms with Crippen molar-refractivity contribution in [2.75, 3.05) is 70.8 Å². The lowest BCUT2D eigenvalue weighted by molar-refractivity contribution is -0.152. The molecule has 58 heavy (non-hydrogen) atoms. The van der Waals surface area contributed by atoms with Crippen LogP contribution in [0.3, 0.4) is 0 Å². The first kappa shape index (κ1) is 50.0. The highest BCUT2D eigenvalue weighted by Crippen LogP contribution is 2.36. The summed E-state index contributed by atoms with van der Waals surface area (Å²) in [5.74, 6) is -2.41. The lowest BCUT2D eigenvalue weighted by atomic mass is 10.0. The number of carbonyl (C=O) groups excluding carboxylic acids is 1. The number of aryl methyl sites for hydroxylation is 1. The Morgan fingerprint density at radius 3 is 2.03 bits per heavy atom. The average molecular weight is 824 g/mol. The number of carboxylic acids is 1. The van der Waals surface area contributed by atoms with Crippen molar-refractivity contribution in [3.8, 4) is 12.1 Å². The molecule has 0 saturated heterocycles. The summed E-state index contributed by atoms with van der Waals surface area (Å²) in [5, 5.41) is 46.5. The van der Waals surface area contributed by atoms with Gasteiger partial charge in [0.2, 0.25) is 0 Å². The van der Waals surface area contributed by atoms with Crippen LogP contribution < -0.4 is 4.90 Å². The summed E-state index contributed by atoms with van der Waals surface area (Å²) in [6.07, 6.45) is 19.1. The Morgan fingerprint density at radius 1 is 0.828 bits per heavy atom. The largest absolute Gasteiger partial charge is 0.481 e. The maximum Gasteiger partial charge on any atom is 0.307 e. The Hall–Kier alpha value is -4.18. The van der Waals surface area contributed by atoms with Gasteiger partial charge in [-0.2, -0.15) is 10.5 Å². The fourth-order valence-corrected chi connectivity index (χ4v) is 6.99. The van der Waals surface area contributed by atoms with E-state index in [-0.39, 0.29) is 39.3 Å². The number of unbranched alkanes of at least 4 members (excludes halogenated alkanes) is 11. The number of allylic oxidation sites excluding steroid dienone is 2. The zero-order valence-corrected chi connectivity index (χ0v) is 35.7. The number of aliphatic hydroxyl groups is 1. The number of nitriles is 2. The van der Waals surface area contributed by atoms with Crippen LogP contribution in [0.2, 0.25) is 0 Å². The van der Waals surface area contributed by atoms with Crippen molar-refractivity contribution in [2.45, 2.75) is 111 Å². The fourth-order valence-electron chi connectivity index (χ4n) is 6.11. The molecule has 1 aromatic heterocycles. The molecule has 2 N–H and O–H groups in total. The maximum atomic E-state index is 12.5. The van der Waals surface area contributed by atoms with Gasteiger partial charge in [0.25, 0.3) is 0 Å². The molecular weight excluding hydrogens is 759 g/mol. The van der Waals surface area contributed by atoms with E-state index < -0.39 is 17.9 Å². The Bertz CT molecular complexity index is 1620. The number of aliphatic hydroxyl groups excluding tert-OH is 1. The molecule has 1 atom stereocenters. The van der Waals surface area contributed by atoms with E-state index in [1.807, 2.05) is 37.3 Å². The van der Waals surface area contributed by atoms with Crippen molar-refractivity contribution in [3.63, 3.8) is 0 Å². The number of nitrogens with zero attached hydrogens (tertiary/aromatic N) is 5. The molecular formula is C44H65N5O8S. The minimum Gasteiger partial charge on any atom is -0.481 e. The van der Waals surface area contributed by atoms with E-state index in [1.165, 1.54) is 64.2 Å². The van der Waals surface area contributed by atoms with Crippen molar-refractivity contribution in [3.05, 3.63) is 51.9 Å². The van der Waals surface area contributed by atoms with E-state index in [4.69, 9.17) is 24.1 Å². The van der Waals surface area contributed by atoms with Gasteiger partial charge >= 0.3 is 11.9 Å². The van der Waals surface area contributed by atoms with Gasteiger partial charge in [0, 0.05) is 18.8 Å². The molecule has 0 spiro atoms. The van der Waals surface area contributed by atoms with E-state index in [2.05, 4.69) is 34.2 Å². The molecule has 0 aliphatic carbocycles. The van der Waals surface area contributed by atoms with Gasteiger partial charge in [-0.05, 0) is 62.4 Å². The number of ether oxygens (including phenoxy) is 4. The van der Waals surface area contributed by atoms with Crippen LogP contribution in [0.4, 0.5) is 16.4 Å². The summed E-state index contributed by atoms with van der Waals surface area (Å²) >= 11 is 1.13. The number of hydrogen-bond donors (Lipinski definition) is 2. The Balaban J connectivity index is 1.78. The topological polar surface area (TPSA) is 187 Å². The second kappa shape index (κ2) is 31.8. The monoisotopic (exact) mass is 823 g/mol. The number of carboxylic acid groups (broad SMARTS) is 1. The molecule has 0 amide bonds. The zero-order chi connectivity index (χ0) is 42.2. The first-order valence-electron chi connectivity index (χ1n) is 20.8. The third kappa shape index (κ3) is 21.0. The van der Waals surface area contributed by atoms with Gasteiger partial charge in [0.1, 0.15) is 23.6 Å². The normalized spacial score (nSPS) is 11.9. The summed E-state index contributed by atoms with van der Waals surface area (Å²) < 4.78 is 22.1. The minimum absolute atomic E-state index is 0.0166. The highest BCUT2D eigenvalue weighted by atomic mass is 32.1. The van der Waals surface area contributed by atoms with Gasteiger partial charge in [-0.25, -0.2) is 0 Å². The maximum absolute atomic E-state index is 12.5. The molecule has 1 heterocycles. The molecule has 0 saturated carbocycles. The van der Waals surface area contributed by atoms with Crippen LogP contribution in [-0.4, -0.2) is 88.1 Å². The highest BCUT2D eigenvalue weighted by Gasteiger charge is 2.21. The predicted octanol–water partition coefficient (Wildman–Crippen LogP) is 9.65. The van der Waals surface area contributed by atoms with Crippen LogP contribution in [0.25, 0.3) is 0 Å². The third-order valence-electron chi connectivity index (χ3n) is 9.57. The number of anilines is 1. The first-order valence-corrected chi connectivity index (χ1v) is 21.7. The molecule has 1 unspecified atom stereocenters. The number of azo groups is 1. The van der Waals surface area contributed by atoms with E-state index in [0.29, 0.717) is 66.2 Å². The SMILES string of the molecule is CCCCCCCCCCCCC/C=C/CC(CC(=O)OCCOCCN(CCOCCOCCO)c1ccc(N=Nc2sc(C#N)c(C)c2C#N)c(C)c1)C(=O)O. The third-order valence-corrected chi connectivity index (χ3v) is 10.6. The van der Waals surface area contributed by atoms with Crippen LogP contribution in [-0.2, 0) is 28.5 Å². The van der Waals surface area contributed by atoms with Crippen LogP contribution in [0, 0.1) is 42.4 Å². The number of rotatable bonds is 34. The zero-order valence-electron chi connectivity index (χ0n) is 34.9. The van der Waals surface area contributed by atoms with E-state index in [9.17, 15) is 25.2 Å². The minimum atomic E-state index is -1.01. The highest BCUT2D eigenvalue weighted by molar-refractivity contribution is 7.16. The smallest absolute Gasteiger partial charge is 0.307 e. The fraction of sp³-hybridized carbons (Fsp3) is 0.636. The van der Waals surface area contributed by atoms with Gasteiger partial charge in [-0.3, -0.25) is 9.59 Å². The summed E-state index contributed by atoms with van der Waals surface area (Å²) in [6.45, 7) is 8.80. The van der Waals surface area contributed by atoms with Crippen molar-refractivity contribution in [2.24, 2.45) is 16.1 Å². The quantitative estimate of drug-likeness (QED) is 0.0296. The molecule has 2 aromatic rings. The van der Waals surface area contributed by atoms with Crippen LogP contribution in [0.5, 0.6) is 0 Å². The predicted molar refractivity (Wildman–Crippen MR) is 227 cm³/mol. The lowest BCUT2D eigenvalue weighted by Gasteiger charge is -2.25. The molecule has 0 fully saturated rings. The number of carbonyl (C=O) groups is 2. The Kier molecular flexibility index (Phi) is 27.4. The summed E-state index contributed by atoms with van der Waals surface area (Å²) in [6, 6.07) is 9.92. The molecule has 0 bridgehead atoms. The van der Waals surface area contributed by atoms with E-state index in [0.717, 1.165) is 35.4 Å². The molecule has 14 heteroatoms. The Morgan fingerprint density at radius 2 is 1.45 bits per heavy atom. The van der Waals surface area contributed by atoms with Crippen LogP contribution in [0.1, 0.15) is 118 Å². The van der Waals surface area contributed by atoms with Crippen molar-refractivity contribution < 1.29 is 38.7 Å². The molecule has 0 radical (unpaired) electrons.